The Balaban J connectivity index is 2.05. The second-order valence-corrected chi connectivity index (χ2v) is 3.45. The molecule has 0 radical (unpaired) electrons. The van der Waals surface area contributed by atoms with Crippen LogP contribution in [0.4, 0.5) is 0 Å². The predicted molar refractivity (Wildman–Crippen MR) is 66.3 cm³/mol. The molecule has 0 unspecified atom stereocenters. The lowest BCUT2D eigenvalue weighted by Crippen LogP contribution is -1.91. The molecule has 2 rings (SSSR count). The van der Waals surface area contributed by atoms with E-state index in [4.69, 9.17) is 4.74 Å². The van der Waals surface area contributed by atoms with Gasteiger partial charge in [0.2, 0.25) is 0 Å². The van der Waals surface area contributed by atoms with E-state index in [0.717, 1.165) is 16.9 Å². The summed E-state index contributed by atoms with van der Waals surface area (Å²) >= 11 is 0. The molecule has 0 N–H and O–H groups in total. The Morgan fingerprint density at radius 1 is 1.24 bits per heavy atom. The molecule has 0 aliphatic rings. The van der Waals surface area contributed by atoms with Gasteiger partial charge < -0.3 is 4.74 Å². The SMILES string of the molecule is COc1ccccc1C/N=C\c1cncnc1. The first kappa shape index (κ1) is 11.3. The number of aliphatic imine (C=N–C) groups is 1. The molecule has 86 valence electrons. The van der Waals surface area contributed by atoms with Crippen molar-refractivity contribution in [1.82, 2.24) is 9.97 Å². The smallest absolute Gasteiger partial charge is 0.123 e. The molecular formula is C13H13N3O. The largest absolute Gasteiger partial charge is 0.496 e. The van der Waals surface area contributed by atoms with E-state index in [2.05, 4.69) is 15.0 Å². The van der Waals surface area contributed by atoms with E-state index in [1.807, 2.05) is 24.3 Å². The van der Waals surface area contributed by atoms with Crippen LogP contribution in [0.2, 0.25) is 0 Å². The standard InChI is InChI=1S/C13H13N3O/c1-17-13-5-3-2-4-12(13)9-14-6-11-7-15-10-16-8-11/h2-8,10H,9H2,1H3/b14-6-. The highest BCUT2D eigenvalue weighted by atomic mass is 16.5. The van der Waals surface area contributed by atoms with Gasteiger partial charge in [0.25, 0.3) is 0 Å². The van der Waals surface area contributed by atoms with Crippen molar-refractivity contribution >= 4 is 6.21 Å². The lowest BCUT2D eigenvalue weighted by Gasteiger charge is -2.04. The molecular weight excluding hydrogens is 214 g/mol. The van der Waals surface area contributed by atoms with Crippen LogP contribution in [-0.4, -0.2) is 23.3 Å². The molecule has 1 heterocycles. The van der Waals surface area contributed by atoms with Gasteiger partial charge in [0.15, 0.2) is 0 Å². The zero-order chi connectivity index (χ0) is 11.9. The average Bonchev–Trinajstić information content (AvgIpc) is 2.40. The van der Waals surface area contributed by atoms with E-state index in [9.17, 15) is 0 Å². The van der Waals surface area contributed by atoms with Gasteiger partial charge in [0.05, 0.1) is 13.7 Å². The van der Waals surface area contributed by atoms with E-state index in [-0.39, 0.29) is 0 Å². The normalized spacial score (nSPS) is 10.6. The van der Waals surface area contributed by atoms with Gasteiger partial charge >= 0.3 is 0 Å². The molecule has 0 aliphatic heterocycles. The third-order valence-electron chi connectivity index (χ3n) is 2.28. The van der Waals surface area contributed by atoms with Gasteiger partial charge in [-0.1, -0.05) is 18.2 Å². The Morgan fingerprint density at radius 2 is 2.00 bits per heavy atom. The van der Waals surface area contributed by atoms with Crippen LogP contribution in [-0.2, 0) is 6.54 Å². The quantitative estimate of drug-likeness (QED) is 0.751. The minimum Gasteiger partial charge on any atom is -0.496 e. The Hall–Kier alpha value is -2.23. The lowest BCUT2D eigenvalue weighted by atomic mass is 10.2. The molecule has 0 fully saturated rings. The van der Waals surface area contributed by atoms with E-state index in [0.29, 0.717) is 6.54 Å². The number of para-hydroxylation sites is 1. The first-order valence-electron chi connectivity index (χ1n) is 5.27. The third-order valence-corrected chi connectivity index (χ3v) is 2.28. The summed E-state index contributed by atoms with van der Waals surface area (Å²) in [5.41, 5.74) is 1.95. The van der Waals surface area contributed by atoms with Crippen molar-refractivity contribution in [3.05, 3.63) is 54.1 Å². The van der Waals surface area contributed by atoms with Gasteiger partial charge in [-0.3, -0.25) is 4.99 Å². The number of methoxy groups -OCH3 is 1. The molecule has 4 nitrogen and oxygen atoms in total. The van der Waals surface area contributed by atoms with Crippen LogP contribution in [0.15, 0.2) is 48.0 Å². The van der Waals surface area contributed by atoms with Crippen molar-refractivity contribution in [3.63, 3.8) is 0 Å². The van der Waals surface area contributed by atoms with E-state index in [1.54, 1.807) is 25.7 Å². The van der Waals surface area contributed by atoms with Gasteiger partial charge in [-0.25, -0.2) is 9.97 Å². The summed E-state index contributed by atoms with van der Waals surface area (Å²) in [5, 5.41) is 0. The van der Waals surface area contributed by atoms with Gasteiger partial charge in [-0.05, 0) is 6.07 Å². The zero-order valence-corrected chi connectivity index (χ0v) is 9.58. The van der Waals surface area contributed by atoms with Crippen molar-refractivity contribution in [2.75, 3.05) is 7.11 Å². The minimum atomic E-state index is 0.582. The molecule has 2 aromatic rings. The van der Waals surface area contributed by atoms with Gasteiger partial charge in [0.1, 0.15) is 12.1 Å². The van der Waals surface area contributed by atoms with E-state index < -0.39 is 0 Å². The average molecular weight is 227 g/mol. The Labute approximate surface area is 100 Å². The molecule has 0 saturated carbocycles. The molecule has 0 bridgehead atoms. The number of rotatable bonds is 4. The maximum Gasteiger partial charge on any atom is 0.123 e. The van der Waals surface area contributed by atoms with Crippen molar-refractivity contribution in [3.8, 4) is 5.75 Å². The summed E-state index contributed by atoms with van der Waals surface area (Å²) in [6, 6.07) is 7.84. The van der Waals surface area contributed by atoms with Crippen molar-refractivity contribution in [2.24, 2.45) is 4.99 Å². The van der Waals surface area contributed by atoms with E-state index >= 15 is 0 Å². The van der Waals surface area contributed by atoms with Crippen LogP contribution in [0.3, 0.4) is 0 Å². The van der Waals surface area contributed by atoms with Crippen LogP contribution in [0, 0.1) is 0 Å². The number of nitrogens with zero attached hydrogens (tertiary/aromatic N) is 3. The van der Waals surface area contributed by atoms with Crippen LogP contribution in [0.1, 0.15) is 11.1 Å². The highest BCUT2D eigenvalue weighted by Crippen LogP contribution is 2.17. The molecule has 1 aromatic heterocycles. The predicted octanol–water partition coefficient (Wildman–Crippen LogP) is 2.10. The van der Waals surface area contributed by atoms with Crippen molar-refractivity contribution in [2.45, 2.75) is 6.54 Å². The fourth-order valence-electron chi connectivity index (χ4n) is 1.46. The van der Waals surface area contributed by atoms with Crippen LogP contribution in [0.5, 0.6) is 5.75 Å². The summed E-state index contributed by atoms with van der Waals surface area (Å²) in [6.07, 6.45) is 6.70. The number of benzene rings is 1. The fourth-order valence-corrected chi connectivity index (χ4v) is 1.46. The molecule has 1 aromatic carbocycles. The number of aromatic nitrogens is 2. The summed E-state index contributed by atoms with van der Waals surface area (Å²) in [7, 11) is 1.66. The highest BCUT2D eigenvalue weighted by molar-refractivity contribution is 5.78. The summed E-state index contributed by atoms with van der Waals surface area (Å²) < 4.78 is 5.25. The van der Waals surface area contributed by atoms with Crippen LogP contribution in [0.25, 0.3) is 0 Å². The first-order chi connectivity index (χ1) is 8.40. The molecule has 0 atom stereocenters. The van der Waals surface area contributed by atoms with Gasteiger partial charge in [-0.2, -0.15) is 0 Å². The van der Waals surface area contributed by atoms with Gasteiger partial charge in [0, 0.05) is 29.7 Å². The number of ether oxygens (including phenoxy) is 1. The number of hydrogen-bond donors (Lipinski definition) is 0. The van der Waals surface area contributed by atoms with Crippen LogP contribution < -0.4 is 4.74 Å². The summed E-state index contributed by atoms with van der Waals surface area (Å²) in [4.78, 5) is 12.2. The Bertz CT molecular complexity index is 497. The maximum absolute atomic E-state index is 5.25. The monoisotopic (exact) mass is 227 g/mol. The minimum absolute atomic E-state index is 0.582. The summed E-state index contributed by atoms with van der Waals surface area (Å²) in [5.74, 6) is 0.856. The molecule has 4 heteroatoms. The topological polar surface area (TPSA) is 47.4 Å². The zero-order valence-electron chi connectivity index (χ0n) is 9.58. The maximum atomic E-state index is 5.25. The second kappa shape index (κ2) is 5.75. The molecule has 0 aliphatic carbocycles. The molecule has 17 heavy (non-hydrogen) atoms. The van der Waals surface area contributed by atoms with E-state index in [1.165, 1.54) is 6.33 Å². The first-order valence-corrected chi connectivity index (χ1v) is 5.27. The van der Waals surface area contributed by atoms with Gasteiger partial charge in [-0.15, -0.1) is 0 Å². The van der Waals surface area contributed by atoms with Crippen molar-refractivity contribution in [1.29, 1.82) is 0 Å². The molecule has 0 saturated heterocycles. The second-order valence-electron chi connectivity index (χ2n) is 3.45. The van der Waals surface area contributed by atoms with Crippen LogP contribution >= 0.6 is 0 Å². The Morgan fingerprint density at radius 3 is 2.76 bits per heavy atom. The fraction of sp³-hybridized carbons (Fsp3) is 0.154. The third kappa shape index (κ3) is 3.11. The van der Waals surface area contributed by atoms with Crippen molar-refractivity contribution < 1.29 is 4.74 Å². The molecule has 0 amide bonds. The number of hydrogen-bond acceptors (Lipinski definition) is 4. The highest BCUT2D eigenvalue weighted by Gasteiger charge is 1.98. The summed E-state index contributed by atoms with van der Waals surface area (Å²) in [6.45, 7) is 0.582. The lowest BCUT2D eigenvalue weighted by molar-refractivity contribution is 0.410. The molecule has 0 spiro atoms. The Kier molecular flexibility index (Phi) is 3.81.